The molecule has 0 spiro atoms. The molecule has 0 radical (unpaired) electrons. The van der Waals surface area contributed by atoms with Crippen molar-refractivity contribution < 1.29 is 4.74 Å². The fourth-order valence-corrected chi connectivity index (χ4v) is 1.31. The number of nitrogens with one attached hydrogen (secondary N) is 2. The predicted octanol–water partition coefficient (Wildman–Crippen LogP) is 1.91. The average molecular weight is 238 g/mol. The third-order valence-electron chi connectivity index (χ3n) is 2.13. The van der Waals surface area contributed by atoms with E-state index in [4.69, 9.17) is 4.74 Å². The van der Waals surface area contributed by atoms with Crippen molar-refractivity contribution in [3.63, 3.8) is 0 Å². The molecular weight excluding hydrogens is 216 g/mol. The molecule has 5 heteroatoms. The van der Waals surface area contributed by atoms with Crippen LogP contribution in [0, 0.1) is 12.8 Å². The number of aryl methyl sites for hydroxylation is 1. The molecule has 5 nitrogen and oxygen atoms in total. The molecule has 0 aliphatic rings. The quantitative estimate of drug-likeness (QED) is 0.711. The van der Waals surface area contributed by atoms with Crippen molar-refractivity contribution in [2.24, 2.45) is 5.92 Å². The first-order valence-corrected chi connectivity index (χ1v) is 5.94. The van der Waals surface area contributed by atoms with Crippen molar-refractivity contribution in [2.75, 3.05) is 37.4 Å². The van der Waals surface area contributed by atoms with Gasteiger partial charge in [-0.1, -0.05) is 13.8 Å². The number of hydrogen-bond acceptors (Lipinski definition) is 5. The third kappa shape index (κ3) is 5.49. The van der Waals surface area contributed by atoms with Crippen LogP contribution in [0.1, 0.15) is 19.5 Å². The van der Waals surface area contributed by atoms with Gasteiger partial charge in [-0.15, -0.1) is 0 Å². The van der Waals surface area contributed by atoms with Crippen LogP contribution in [0.5, 0.6) is 0 Å². The van der Waals surface area contributed by atoms with Gasteiger partial charge in [-0.2, -0.15) is 4.98 Å². The van der Waals surface area contributed by atoms with Crippen molar-refractivity contribution in [1.29, 1.82) is 0 Å². The summed E-state index contributed by atoms with van der Waals surface area (Å²) in [5, 5.41) is 6.42. The van der Waals surface area contributed by atoms with Crippen molar-refractivity contribution in [3.05, 3.63) is 11.8 Å². The lowest BCUT2D eigenvalue weighted by Gasteiger charge is -2.11. The number of methoxy groups -OCH3 is 1. The van der Waals surface area contributed by atoms with E-state index in [9.17, 15) is 0 Å². The molecule has 1 heterocycles. The highest BCUT2D eigenvalue weighted by molar-refractivity contribution is 5.42. The molecule has 0 unspecified atom stereocenters. The zero-order valence-electron chi connectivity index (χ0n) is 11.1. The minimum absolute atomic E-state index is 0.593. The first kappa shape index (κ1) is 13.7. The fraction of sp³-hybridized carbons (Fsp3) is 0.667. The van der Waals surface area contributed by atoms with Crippen molar-refractivity contribution >= 4 is 11.8 Å². The molecule has 0 aliphatic heterocycles. The van der Waals surface area contributed by atoms with Crippen LogP contribution in [0.4, 0.5) is 11.8 Å². The summed E-state index contributed by atoms with van der Waals surface area (Å²) in [6.07, 6.45) is 0. The number of anilines is 2. The summed E-state index contributed by atoms with van der Waals surface area (Å²) in [5.41, 5.74) is 0.950. The summed E-state index contributed by atoms with van der Waals surface area (Å²) in [5.74, 6) is 2.11. The highest BCUT2D eigenvalue weighted by atomic mass is 16.5. The Balaban J connectivity index is 2.59. The highest BCUT2D eigenvalue weighted by Crippen LogP contribution is 2.09. The average Bonchev–Trinajstić information content (AvgIpc) is 2.26. The van der Waals surface area contributed by atoms with E-state index in [0.717, 1.165) is 18.1 Å². The maximum atomic E-state index is 4.97. The second-order valence-corrected chi connectivity index (χ2v) is 4.41. The largest absolute Gasteiger partial charge is 0.383 e. The molecule has 0 atom stereocenters. The lowest BCUT2D eigenvalue weighted by molar-refractivity contribution is 0.210. The number of ether oxygens (including phenoxy) is 1. The van der Waals surface area contributed by atoms with Crippen LogP contribution in [-0.2, 0) is 4.74 Å². The summed E-state index contributed by atoms with van der Waals surface area (Å²) in [7, 11) is 1.68. The van der Waals surface area contributed by atoms with Gasteiger partial charge in [0.2, 0.25) is 5.95 Å². The molecule has 2 N–H and O–H groups in total. The van der Waals surface area contributed by atoms with E-state index in [1.54, 1.807) is 7.11 Å². The normalized spacial score (nSPS) is 10.6. The lowest BCUT2D eigenvalue weighted by Crippen LogP contribution is -2.13. The van der Waals surface area contributed by atoms with Gasteiger partial charge < -0.3 is 15.4 Å². The van der Waals surface area contributed by atoms with Gasteiger partial charge in [-0.05, 0) is 12.8 Å². The van der Waals surface area contributed by atoms with E-state index in [1.165, 1.54) is 0 Å². The molecule has 1 aromatic heterocycles. The molecule has 0 amide bonds. The summed E-state index contributed by atoms with van der Waals surface area (Å²) in [6, 6.07) is 1.95. The Hall–Kier alpha value is -1.36. The summed E-state index contributed by atoms with van der Waals surface area (Å²) < 4.78 is 4.97. The number of aromatic nitrogens is 2. The van der Waals surface area contributed by atoms with Gasteiger partial charge in [0.1, 0.15) is 5.82 Å². The smallest absolute Gasteiger partial charge is 0.224 e. The van der Waals surface area contributed by atoms with E-state index in [1.807, 2.05) is 13.0 Å². The Kier molecular flexibility index (Phi) is 5.69. The Morgan fingerprint density at radius 3 is 2.71 bits per heavy atom. The Morgan fingerprint density at radius 2 is 2.06 bits per heavy atom. The van der Waals surface area contributed by atoms with Gasteiger partial charge in [0.25, 0.3) is 0 Å². The third-order valence-corrected chi connectivity index (χ3v) is 2.13. The Labute approximate surface area is 103 Å². The maximum Gasteiger partial charge on any atom is 0.224 e. The molecular formula is C12H22N4O. The molecule has 0 fully saturated rings. The fourth-order valence-electron chi connectivity index (χ4n) is 1.31. The van der Waals surface area contributed by atoms with Gasteiger partial charge in [0.05, 0.1) is 6.61 Å². The van der Waals surface area contributed by atoms with Crippen LogP contribution in [-0.4, -0.2) is 36.8 Å². The SMILES string of the molecule is COCCNc1nc(C)cc(NCC(C)C)n1. The van der Waals surface area contributed by atoms with Crippen LogP contribution in [0.2, 0.25) is 0 Å². The van der Waals surface area contributed by atoms with Crippen LogP contribution in [0.25, 0.3) is 0 Å². The van der Waals surface area contributed by atoms with Crippen LogP contribution < -0.4 is 10.6 Å². The first-order valence-electron chi connectivity index (χ1n) is 5.94. The second-order valence-electron chi connectivity index (χ2n) is 4.41. The number of rotatable bonds is 7. The maximum absolute atomic E-state index is 4.97. The topological polar surface area (TPSA) is 59.1 Å². The van der Waals surface area contributed by atoms with Gasteiger partial charge >= 0.3 is 0 Å². The van der Waals surface area contributed by atoms with Crippen molar-refractivity contribution in [3.8, 4) is 0 Å². The van der Waals surface area contributed by atoms with Gasteiger partial charge in [-0.3, -0.25) is 0 Å². The molecule has 0 aromatic carbocycles. The standard InChI is InChI=1S/C12H22N4O/c1-9(2)8-14-11-7-10(3)15-12(16-11)13-5-6-17-4/h7,9H,5-6,8H2,1-4H3,(H2,13,14,15,16). The molecule has 1 rings (SSSR count). The Bertz CT molecular complexity index is 341. The molecule has 0 saturated heterocycles. The second kappa shape index (κ2) is 7.06. The van der Waals surface area contributed by atoms with Crippen LogP contribution in [0.15, 0.2) is 6.07 Å². The van der Waals surface area contributed by atoms with E-state index in [0.29, 0.717) is 25.0 Å². The van der Waals surface area contributed by atoms with Gasteiger partial charge in [0, 0.05) is 32.0 Å². The van der Waals surface area contributed by atoms with E-state index < -0.39 is 0 Å². The van der Waals surface area contributed by atoms with Gasteiger partial charge in [0.15, 0.2) is 0 Å². The Morgan fingerprint density at radius 1 is 1.29 bits per heavy atom. The van der Waals surface area contributed by atoms with E-state index >= 15 is 0 Å². The molecule has 17 heavy (non-hydrogen) atoms. The zero-order chi connectivity index (χ0) is 12.7. The molecule has 1 aromatic rings. The zero-order valence-corrected chi connectivity index (χ0v) is 11.1. The monoisotopic (exact) mass is 238 g/mol. The molecule has 0 aliphatic carbocycles. The molecule has 0 bridgehead atoms. The van der Waals surface area contributed by atoms with E-state index in [-0.39, 0.29) is 0 Å². The van der Waals surface area contributed by atoms with Crippen molar-refractivity contribution in [1.82, 2.24) is 9.97 Å². The van der Waals surface area contributed by atoms with Crippen LogP contribution >= 0.6 is 0 Å². The first-order chi connectivity index (χ1) is 8.11. The summed E-state index contributed by atoms with van der Waals surface area (Å²) >= 11 is 0. The number of nitrogens with zero attached hydrogens (tertiary/aromatic N) is 2. The number of hydrogen-bond donors (Lipinski definition) is 2. The highest BCUT2D eigenvalue weighted by Gasteiger charge is 2.02. The summed E-state index contributed by atoms with van der Waals surface area (Å²) in [4.78, 5) is 8.70. The minimum atomic E-state index is 0.593. The lowest BCUT2D eigenvalue weighted by atomic mass is 10.2. The van der Waals surface area contributed by atoms with Crippen LogP contribution in [0.3, 0.4) is 0 Å². The summed E-state index contributed by atoms with van der Waals surface area (Å²) in [6.45, 7) is 8.56. The minimum Gasteiger partial charge on any atom is -0.383 e. The molecule has 0 saturated carbocycles. The van der Waals surface area contributed by atoms with Crippen molar-refractivity contribution in [2.45, 2.75) is 20.8 Å². The van der Waals surface area contributed by atoms with Gasteiger partial charge in [-0.25, -0.2) is 4.98 Å². The molecule has 96 valence electrons. The predicted molar refractivity (Wildman–Crippen MR) is 70.5 cm³/mol. The van der Waals surface area contributed by atoms with E-state index in [2.05, 4.69) is 34.4 Å².